The van der Waals surface area contributed by atoms with Crippen LogP contribution in [0, 0.1) is 5.92 Å². The quantitative estimate of drug-likeness (QED) is 0.846. The van der Waals surface area contributed by atoms with Crippen LogP contribution in [0.1, 0.15) is 30.2 Å². The number of hydrogen-bond acceptors (Lipinski definition) is 5. The maximum atomic E-state index is 12.8. The van der Waals surface area contributed by atoms with Crippen molar-refractivity contribution in [3.8, 4) is 0 Å². The minimum absolute atomic E-state index is 0.0863. The summed E-state index contributed by atoms with van der Waals surface area (Å²) in [6, 6.07) is 0.472. The topological polar surface area (TPSA) is 67.2 Å². The lowest BCUT2D eigenvalue weighted by molar-refractivity contribution is 0.0696. The molecule has 3 rings (SSSR count). The van der Waals surface area contributed by atoms with Gasteiger partial charge in [0.15, 0.2) is 0 Å². The van der Waals surface area contributed by atoms with E-state index in [0.29, 0.717) is 30.7 Å². The summed E-state index contributed by atoms with van der Waals surface area (Å²) < 4.78 is 2.16. The molecule has 0 radical (unpaired) electrons. The molecule has 3 heterocycles. The lowest BCUT2D eigenvalue weighted by atomic mass is 10.1. The van der Waals surface area contributed by atoms with Gasteiger partial charge in [-0.15, -0.1) is 0 Å². The van der Waals surface area contributed by atoms with Gasteiger partial charge in [-0.1, -0.05) is 0 Å². The molecule has 0 aromatic carbocycles. The maximum absolute atomic E-state index is 12.8. The van der Waals surface area contributed by atoms with Crippen molar-refractivity contribution in [2.75, 3.05) is 20.1 Å². The van der Waals surface area contributed by atoms with Crippen molar-refractivity contribution in [3.63, 3.8) is 0 Å². The van der Waals surface area contributed by atoms with Gasteiger partial charge in [0.25, 0.3) is 5.91 Å². The Balaban J connectivity index is 1.82. The first kappa shape index (κ1) is 16.6. The summed E-state index contributed by atoms with van der Waals surface area (Å²) in [5, 5.41) is 0. The molecular formula is C17H24N6O. The third kappa shape index (κ3) is 3.62. The van der Waals surface area contributed by atoms with Gasteiger partial charge in [0.2, 0.25) is 0 Å². The van der Waals surface area contributed by atoms with E-state index >= 15 is 0 Å². The van der Waals surface area contributed by atoms with E-state index < -0.39 is 0 Å². The Morgan fingerprint density at radius 2 is 2.12 bits per heavy atom. The molecule has 7 heteroatoms. The van der Waals surface area contributed by atoms with Crippen LogP contribution in [-0.4, -0.2) is 61.4 Å². The maximum Gasteiger partial charge on any atom is 0.274 e. The molecule has 0 saturated carbocycles. The van der Waals surface area contributed by atoms with E-state index in [1.54, 1.807) is 18.6 Å². The van der Waals surface area contributed by atoms with Crippen molar-refractivity contribution < 1.29 is 4.79 Å². The molecule has 2 aromatic rings. The van der Waals surface area contributed by atoms with Crippen LogP contribution >= 0.6 is 0 Å². The van der Waals surface area contributed by atoms with Gasteiger partial charge < -0.3 is 14.4 Å². The summed E-state index contributed by atoms with van der Waals surface area (Å²) in [5.74, 6) is 1.17. The van der Waals surface area contributed by atoms with E-state index in [2.05, 4.69) is 45.3 Å². The molecular weight excluding hydrogens is 304 g/mol. The first-order chi connectivity index (χ1) is 11.5. The summed E-state index contributed by atoms with van der Waals surface area (Å²) in [4.78, 5) is 29.6. The van der Waals surface area contributed by atoms with Crippen LogP contribution < -0.4 is 0 Å². The van der Waals surface area contributed by atoms with Gasteiger partial charge in [0.1, 0.15) is 11.5 Å². The number of carbonyl (C=O) groups excluding carboxylic acids is 1. The van der Waals surface area contributed by atoms with Crippen LogP contribution in [0.25, 0.3) is 0 Å². The van der Waals surface area contributed by atoms with Gasteiger partial charge in [-0.25, -0.2) is 9.97 Å². The number of rotatable bonds is 4. The summed E-state index contributed by atoms with van der Waals surface area (Å²) in [7, 11) is 2.12. The first-order valence-electron chi connectivity index (χ1n) is 8.30. The Morgan fingerprint density at radius 3 is 2.83 bits per heavy atom. The van der Waals surface area contributed by atoms with Crippen molar-refractivity contribution >= 4 is 5.91 Å². The molecule has 0 spiro atoms. The molecule has 0 saturated heterocycles. The predicted octanol–water partition coefficient (Wildman–Crippen LogP) is 1.29. The van der Waals surface area contributed by atoms with Crippen LogP contribution in [0.15, 0.2) is 31.0 Å². The molecule has 1 aliphatic heterocycles. The third-order valence-electron chi connectivity index (χ3n) is 4.56. The smallest absolute Gasteiger partial charge is 0.274 e. The van der Waals surface area contributed by atoms with Gasteiger partial charge in [0.05, 0.1) is 12.7 Å². The average Bonchev–Trinajstić information content (AvgIpc) is 2.93. The minimum atomic E-state index is -0.0863. The van der Waals surface area contributed by atoms with E-state index in [1.165, 1.54) is 6.20 Å². The second-order valence-electron chi connectivity index (χ2n) is 6.67. The van der Waals surface area contributed by atoms with Crippen LogP contribution in [0.2, 0.25) is 0 Å². The molecule has 1 aliphatic rings. The first-order valence-corrected chi connectivity index (χ1v) is 8.30. The number of aromatic nitrogens is 4. The Kier molecular flexibility index (Phi) is 4.89. The monoisotopic (exact) mass is 328 g/mol. The molecule has 2 aromatic heterocycles. The Hall–Kier alpha value is -2.28. The molecule has 1 amide bonds. The van der Waals surface area contributed by atoms with Crippen LogP contribution in [-0.2, 0) is 13.1 Å². The molecule has 0 aliphatic carbocycles. The summed E-state index contributed by atoms with van der Waals surface area (Å²) in [6.45, 7) is 7.36. The molecule has 128 valence electrons. The fourth-order valence-electron chi connectivity index (χ4n) is 3.00. The highest BCUT2D eigenvalue weighted by Crippen LogP contribution is 2.18. The standard InChI is InChI=1S/C17H24N6O/c1-13(2)21(3)9-14-10-22-7-6-20-16(22)12-23(11-14)17(24)15-8-18-4-5-19-15/h4-8,13-14H,9-12H2,1-3H3. The second-order valence-corrected chi connectivity index (χ2v) is 6.67. The van der Waals surface area contributed by atoms with Crippen LogP contribution in [0.5, 0.6) is 0 Å². The van der Waals surface area contributed by atoms with Gasteiger partial charge in [-0.3, -0.25) is 9.78 Å². The minimum Gasteiger partial charge on any atom is -0.333 e. The number of fused-ring (bicyclic) bond motifs is 1. The number of nitrogens with zero attached hydrogens (tertiary/aromatic N) is 6. The highest BCUT2D eigenvalue weighted by Gasteiger charge is 2.28. The van der Waals surface area contributed by atoms with Crippen LogP contribution in [0.3, 0.4) is 0 Å². The fraction of sp³-hybridized carbons (Fsp3) is 0.529. The Morgan fingerprint density at radius 1 is 1.29 bits per heavy atom. The summed E-state index contributed by atoms with van der Waals surface area (Å²) in [6.07, 6.45) is 8.44. The molecule has 24 heavy (non-hydrogen) atoms. The number of amides is 1. The van der Waals surface area contributed by atoms with E-state index in [1.807, 2.05) is 11.1 Å². The molecule has 1 atom stereocenters. The van der Waals surface area contributed by atoms with Crippen LogP contribution in [0.4, 0.5) is 0 Å². The largest absolute Gasteiger partial charge is 0.333 e. The van der Waals surface area contributed by atoms with E-state index in [4.69, 9.17) is 0 Å². The molecule has 0 bridgehead atoms. The van der Waals surface area contributed by atoms with E-state index in [-0.39, 0.29) is 5.91 Å². The second kappa shape index (κ2) is 7.09. The van der Waals surface area contributed by atoms with Crippen molar-refractivity contribution in [1.29, 1.82) is 0 Å². The summed E-state index contributed by atoms with van der Waals surface area (Å²) >= 11 is 0. The lowest BCUT2D eigenvalue weighted by Gasteiger charge is -2.29. The van der Waals surface area contributed by atoms with Crippen molar-refractivity contribution in [2.24, 2.45) is 5.92 Å². The molecule has 0 N–H and O–H groups in total. The number of hydrogen-bond donors (Lipinski definition) is 0. The van der Waals surface area contributed by atoms with E-state index in [0.717, 1.165) is 18.9 Å². The number of imidazole rings is 1. The van der Waals surface area contributed by atoms with Gasteiger partial charge in [-0.2, -0.15) is 0 Å². The molecule has 1 unspecified atom stereocenters. The SMILES string of the molecule is CC(C)N(C)CC1CN(C(=O)c2cnccn2)Cc2nccn2C1. The highest BCUT2D eigenvalue weighted by molar-refractivity contribution is 5.91. The predicted molar refractivity (Wildman–Crippen MR) is 90.3 cm³/mol. The van der Waals surface area contributed by atoms with Gasteiger partial charge in [0, 0.05) is 56.4 Å². The zero-order chi connectivity index (χ0) is 17.1. The highest BCUT2D eigenvalue weighted by atomic mass is 16.2. The van der Waals surface area contributed by atoms with Crippen molar-refractivity contribution in [3.05, 3.63) is 42.5 Å². The zero-order valence-electron chi connectivity index (χ0n) is 14.5. The fourth-order valence-corrected chi connectivity index (χ4v) is 3.00. The van der Waals surface area contributed by atoms with Crippen molar-refractivity contribution in [1.82, 2.24) is 29.3 Å². The zero-order valence-corrected chi connectivity index (χ0v) is 14.5. The summed E-state index contributed by atoms with van der Waals surface area (Å²) in [5.41, 5.74) is 0.383. The van der Waals surface area contributed by atoms with Gasteiger partial charge in [-0.05, 0) is 20.9 Å². The Labute approximate surface area is 142 Å². The van der Waals surface area contributed by atoms with E-state index in [9.17, 15) is 4.79 Å². The Bertz CT molecular complexity index is 683. The number of carbonyl (C=O) groups is 1. The third-order valence-corrected chi connectivity index (χ3v) is 4.56. The average molecular weight is 328 g/mol. The normalized spacial score (nSPS) is 17.9. The van der Waals surface area contributed by atoms with Crippen molar-refractivity contribution in [2.45, 2.75) is 33.0 Å². The molecule has 0 fully saturated rings. The molecule has 7 nitrogen and oxygen atoms in total. The lowest BCUT2D eigenvalue weighted by Crippen LogP contribution is -2.40. The van der Waals surface area contributed by atoms with Gasteiger partial charge >= 0.3 is 0 Å².